The minimum atomic E-state index is 0. The number of guanidine groups is 1. The van der Waals surface area contributed by atoms with Crippen LogP contribution in [0.3, 0.4) is 0 Å². The highest BCUT2D eigenvalue weighted by Gasteiger charge is 2.19. The van der Waals surface area contributed by atoms with Crippen LogP contribution in [-0.2, 0) is 16.0 Å². The van der Waals surface area contributed by atoms with Crippen LogP contribution in [0, 0.1) is 6.92 Å². The van der Waals surface area contributed by atoms with E-state index in [0.717, 1.165) is 56.4 Å². The molecule has 1 aromatic carbocycles. The van der Waals surface area contributed by atoms with Crippen molar-refractivity contribution in [1.82, 2.24) is 10.6 Å². The SMILES string of the molecule is CCNC(=NCc1ccc(C)cc1OC1CCOC1)NCCC1CCCO1.I. The monoisotopic (exact) mass is 503 g/mol. The second-order valence-corrected chi connectivity index (χ2v) is 7.26. The lowest BCUT2D eigenvalue weighted by molar-refractivity contribution is 0.105. The van der Waals surface area contributed by atoms with E-state index in [4.69, 9.17) is 19.2 Å². The summed E-state index contributed by atoms with van der Waals surface area (Å²) in [5.74, 6) is 1.76. The fourth-order valence-corrected chi connectivity index (χ4v) is 3.42. The number of aryl methyl sites for hydroxylation is 1. The smallest absolute Gasteiger partial charge is 0.191 e. The zero-order valence-electron chi connectivity index (χ0n) is 17.0. The van der Waals surface area contributed by atoms with E-state index in [9.17, 15) is 0 Å². The predicted octanol–water partition coefficient (Wildman–Crippen LogP) is 3.40. The highest BCUT2D eigenvalue weighted by molar-refractivity contribution is 14.0. The molecule has 0 saturated carbocycles. The number of benzene rings is 1. The van der Waals surface area contributed by atoms with Gasteiger partial charge in [0.15, 0.2) is 5.96 Å². The molecule has 1 aromatic rings. The Morgan fingerprint density at radius 3 is 2.86 bits per heavy atom. The number of rotatable bonds is 8. The van der Waals surface area contributed by atoms with Crippen LogP contribution in [-0.4, -0.2) is 51.1 Å². The lowest BCUT2D eigenvalue weighted by Gasteiger charge is -2.17. The average molecular weight is 503 g/mol. The zero-order valence-corrected chi connectivity index (χ0v) is 19.4. The van der Waals surface area contributed by atoms with E-state index in [1.54, 1.807) is 0 Å². The Kier molecular flexibility index (Phi) is 10.4. The van der Waals surface area contributed by atoms with Gasteiger partial charge >= 0.3 is 0 Å². The molecule has 2 atom stereocenters. The summed E-state index contributed by atoms with van der Waals surface area (Å²) < 4.78 is 17.3. The zero-order chi connectivity index (χ0) is 18.9. The molecule has 2 heterocycles. The Labute approximate surface area is 185 Å². The molecule has 0 aromatic heterocycles. The normalized spacial score (nSPS) is 22.0. The summed E-state index contributed by atoms with van der Waals surface area (Å²) in [6, 6.07) is 6.32. The van der Waals surface area contributed by atoms with Crippen LogP contribution >= 0.6 is 24.0 Å². The van der Waals surface area contributed by atoms with E-state index < -0.39 is 0 Å². The van der Waals surface area contributed by atoms with Crippen molar-refractivity contribution < 1.29 is 14.2 Å². The van der Waals surface area contributed by atoms with E-state index in [2.05, 4.69) is 42.7 Å². The summed E-state index contributed by atoms with van der Waals surface area (Å²) in [6.45, 7) is 8.81. The maximum absolute atomic E-state index is 6.18. The van der Waals surface area contributed by atoms with Crippen molar-refractivity contribution in [2.45, 2.75) is 58.3 Å². The molecule has 6 nitrogen and oxygen atoms in total. The Morgan fingerprint density at radius 1 is 1.25 bits per heavy atom. The largest absolute Gasteiger partial charge is 0.488 e. The second-order valence-electron chi connectivity index (χ2n) is 7.26. The highest BCUT2D eigenvalue weighted by atomic mass is 127. The summed E-state index contributed by atoms with van der Waals surface area (Å²) in [5.41, 5.74) is 2.29. The lowest BCUT2D eigenvalue weighted by atomic mass is 10.1. The van der Waals surface area contributed by atoms with Crippen molar-refractivity contribution in [3.63, 3.8) is 0 Å². The summed E-state index contributed by atoms with van der Waals surface area (Å²) >= 11 is 0. The first-order valence-corrected chi connectivity index (χ1v) is 10.2. The van der Waals surface area contributed by atoms with Gasteiger partial charge < -0.3 is 24.8 Å². The summed E-state index contributed by atoms with van der Waals surface area (Å²) in [7, 11) is 0. The maximum Gasteiger partial charge on any atom is 0.191 e. The average Bonchev–Trinajstić information content (AvgIpc) is 3.35. The van der Waals surface area contributed by atoms with Gasteiger partial charge in [-0.15, -0.1) is 24.0 Å². The fraction of sp³-hybridized carbons (Fsp3) is 0.667. The fourth-order valence-electron chi connectivity index (χ4n) is 3.42. The number of nitrogens with zero attached hydrogens (tertiary/aromatic N) is 1. The molecule has 0 spiro atoms. The van der Waals surface area contributed by atoms with Gasteiger partial charge in [-0.05, 0) is 44.7 Å². The van der Waals surface area contributed by atoms with Gasteiger partial charge in [-0.25, -0.2) is 4.99 Å². The van der Waals surface area contributed by atoms with Crippen LogP contribution < -0.4 is 15.4 Å². The molecular weight excluding hydrogens is 469 g/mol. The first-order valence-electron chi connectivity index (χ1n) is 10.2. The van der Waals surface area contributed by atoms with Gasteiger partial charge in [0.1, 0.15) is 11.9 Å². The van der Waals surface area contributed by atoms with Crippen molar-refractivity contribution in [2.75, 3.05) is 32.9 Å². The molecular formula is C21H34IN3O3. The second kappa shape index (κ2) is 12.5. The number of nitrogens with one attached hydrogen (secondary N) is 2. The molecule has 3 rings (SSSR count). The third kappa shape index (κ3) is 7.40. The van der Waals surface area contributed by atoms with Gasteiger partial charge in [0.25, 0.3) is 0 Å². The van der Waals surface area contributed by atoms with Crippen LogP contribution in [0.2, 0.25) is 0 Å². The molecule has 7 heteroatoms. The third-order valence-electron chi connectivity index (χ3n) is 4.94. The van der Waals surface area contributed by atoms with E-state index in [1.165, 1.54) is 18.4 Å². The Bertz CT molecular complexity index is 615. The van der Waals surface area contributed by atoms with Gasteiger partial charge in [-0.2, -0.15) is 0 Å². The van der Waals surface area contributed by atoms with Crippen LogP contribution in [0.4, 0.5) is 0 Å². The van der Waals surface area contributed by atoms with Crippen molar-refractivity contribution in [1.29, 1.82) is 0 Å². The number of halogens is 1. The quantitative estimate of drug-likeness (QED) is 0.324. The topological polar surface area (TPSA) is 64.1 Å². The molecule has 2 N–H and O–H groups in total. The van der Waals surface area contributed by atoms with Gasteiger partial charge in [0, 0.05) is 31.7 Å². The minimum Gasteiger partial charge on any atom is -0.488 e. The Hall–Kier alpha value is -1.06. The van der Waals surface area contributed by atoms with Crippen LogP contribution in [0.15, 0.2) is 23.2 Å². The lowest BCUT2D eigenvalue weighted by Crippen LogP contribution is -2.38. The molecule has 28 heavy (non-hydrogen) atoms. The number of ether oxygens (including phenoxy) is 3. The Morgan fingerprint density at radius 2 is 2.14 bits per heavy atom. The molecule has 0 amide bonds. The van der Waals surface area contributed by atoms with Crippen molar-refractivity contribution in [2.24, 2.45) is 4.99 Å². The van der Waals surface area contributed by atoms with Crippen molar-refractivity contribution >= 4 is 29.9 Å². The maximum atomic E-state index is 6.18. The highest BCUT2D eigenvalue weighted by Crippen LogP contribution is 2.24. The molecule has 0 radical (unpaired) electrons. The van der Waals surface area contributed by atoms with Gasteiger partial charge in [0.2, 0.25) is 0 Å². The van der Waals surface area contributed by atoms with E-state index in [-0.39, 0.29) is 30.1 Å². The summed E-state index contributed by atoms with van der Waals surface area (Å²) in [4.78, 5) is 4.76. The molecule has 0 bridgehead atoms. The molecule has 158 valence electrons. The van der Waals surface area contributed by atoms with Gasteiger partial charge in [-0.3, -0.25) is 0 Å². The molecule has 0 aliphatic carbocycles. The summed E-state index contributed by atoms with van der Waals surface area (Å²) in [6.07, 6.45) is 4.86. The van der Waals surface area contributed by atoms with Crippen molar-refractivity contribution in [3.8, 4) is 5.75 Å². The Balaban J connectivity index is 0.00000280. The van der Waals surface area contributed by atoms with Crippen molar-refractivity contribution in [3.05, 3.63) is 29.3 Å². The molecule has 2 fully saturated rings. The number of hydrogen-bond donors (Lipinski definition) is 2. The standard InChI is InChI=1S/C21H33N3O3.HI/c1-3-22-21(23-10-8-18-5-4-11-26-18)24-14-17-7-6-16(2)13-20(17)27-19-9-12-25-15-19;/h6-7,13,18-19H,3-5,8-12,14-15H2,1-2H3,(H2,22,23,24);1H. The van der Waals surface area contributed by atoms with Crippen LogP contribution in [0.1, 0.15) is 43.7 Å². The molecule has 2 aliphatic heterocycles. The van der Waals surface area contributed by atoms with E-state index >= 15 is 0 Å². The van der Waals surface area contributed by atoms with Gasteiger partial charge in [0.05, 0.1) is 25.9 Å². The third-order valence-corrected chi connectivity index (χ3v) is 4.94. The van der Waals surface area contributed by atoms with E-state index in [1.807, 2.05) is 0 Å². The summed E-state index contributed by atoms with van der Waals surface area (Å²) in [5, 5.41) is 6.74. The van der Waals surface area contributed by atoms with Crippen LogP contribution in [0.5, 0.6) is 5.75 Å². The first-order chi connectivity index (χ1) is 13.2. The number of aliphatic imine (C=N–C) groups is 1. The molecule has 2 aliphatic rings. The number of hydrogen-bond acceptors (Lipinski definition) is 4. The van der Waals surface area contributed by atoms with Crippen LogP contribution in [0.25, 0.3) is 0 Å². The van der Waals surface area contributed by atoms with Gasteiger partial charge in [-0.1, -0.05) is 12.1 Å². The minimum absolute atomic E-state index is 0. The molecule has 2 saturated heterocycles. The van der Waals surface area contributed by atoms with E-state index in [0.29, 0.717) is 19.3 Å². The first kappa shape index (κ1) is 23.2. The molecule has 2 unspecified atom stereocenters. The predicted molar refractivity (Wildman–Crippen MR) is 123 cm³/mol.